The van der Waals surface area contributed by atoms with Crippen molar-refractivity contribution in [1.29, 1.82) is 0 Å². The van der Waals surface area contributed by atoms with Crippen molar-refractivity contribution in [3.63, 3.8) is 0 Å². The maximum Gasteiger partial charge on any atom is 0.247 e. The molecule has 1 fully saturated rings. The van der Waals surface area contributed by atoms with E-state index in [1.54, 1.807) is 6.08 Å². The summed E-state index contributed by atoms with van der Waals surface area (Å²) in [6, 6.07) is 0. The molecule has 3 heteroatoms. The van der Waals surface area contributed by atoms with E-state index in [4.69, 9.17) is 0 Å². The smallest absolute Gasteiger partial charge is 0.247 e. The molecule has 1 amide bonds. The zero-order valence-corrected chi connectivity index (χ0v) is 8.02. The molecule has 1 saturated carbocycles. The summed E-state index contributed by atoms with van der Waals surface area (Å²) in [5, 5.41) is 6.43. The van der Waals surface area contributed by atoms with Crippen LogP contribution >= 0.6 is 0 Å². The fourth-order valence-corrected chi connectivity index (χ4v) is 2.32. The van der Waals surface area contributed by atoms with E-state index in [9.17, 15) is 4.79 Å². The Morgan fingerprint density at radius 1 is 1.23 bits per heavy atom. The van der Waals surface area contributed by atoms with Gasteiger partial charge < -0.3 is 10.6 Å². The summed E-state index contributed by atoms with van der Waals surface area (Å²) in [6.07, 6.45) is 7.46. The zero-order valence-electron chi connectivity index (χ0n) is 8.02. The van der Waals surface area contributed by atoms with Crippen molar-refractivity contribution in [2.75, 3.05) is 0 Å². The lowest BCUT2D eigenvalue weighted by Crippen LogP contribution is -2.61. The van der Waals surface area contributed by atoms with Crippen LogP contribution in [0.5, 0.6) is 0 Å². The molecule has 2 rings (SSSR count). The van der Waals surface area contributed by atoms with Crippen LogP contribution in [0.3, 0.4) is 0 Å². The van der Waals surface area contributed by atoms with Gasteiger partial charge in [-0.05, 0) is 32.6 Å². The lowest BCUT2D eigenvalue weighted by molar-refractivity contribution is -0.120. The summed E-state index contributed by atoms with van der Waals surface area (Å²) < 4.78 is 0. The van der Waals surface area contributed by atoms with E-state index in [0.29, 0.717) is 0 Å². The Morgan fingerprint density at radius 3 is 2.54 bits per heavy atom. The number of rotatable bonds is 0. The van der Waals surface area contributed by atoms with Gasteiger partial charge in [0.25, 0.3) is 0 Å². The summed E-state index contributed by atoms with van der Waals surface area (Å²) >= 11 is 0. The van der Waals surface area contributed by atoms with Crippen molar-refractivity contribution < 1.29 is 4.79 Å². The molecule has 1 aliphatic heterocycles. The third-order valence-corrected chi connectivity index (χ3v) is 2.85. The molecule has 72 valence electrons. The van der Waals surface area contributed by atoms with Crippen molar-refractivity contribution in [2.24, 2.45) is 0 Å². The molecule has 0 bridgehead atoms. The molecule has 2 aliphatic rings. The van der Waals surface area contributed by atoms with Gasteiger partial charge in [0.15, 0.2) is 0 Å². The molecule has 0 aromatic rings. The average Bonchev–Trinajstić information content (AvgIpc) is 2.02. The fraction of sp³-hybridized carbons (Fsp3) is 0.700. The lowest BCUT2D eigenvalue weighted by Gasteiger charge is -2.41. The van der Waals surface area contributed by atoms with Gasteiger partial charge in [0.05, 0.1) is 0 Å². The third kappa shape index (κ3) is 1.69. The topological polar surface area (TPSA) is 41.1 Å². The van der Waals surface area contributed by atoms with Crippen LogP contribution < -0.4 is 10.6 Å². The molecule has 1 heterocycles. The largest absolute Gasteiger partial charge is 0.366 e. The number of allylic oxidation sites excluding steroid dienone is 1. The number of hydrogen-bond acceptors (Lipinski definition) is 2. The van der Waals surface area contributed by atoms with Crippen LogP contribution in [0.15, 0.2) is 11.8 Å². The van der Waals surface area contributed by atoms with Gasteiger partial charge in [-0.2, -0.15) is 0 Å². The number of nitrogens with one attached hydrogen (secondary N) is 2. The van der Waals surface area contributed by atoms with Crippen LogP contribution in [0.1, 0.15) is 39.0 Å². The number of carbonyl (C=O) groups is 1. The third-order valence-electron chi connectivity index (χ3n) is 2.85. The van der Waals surface area contributed by atoms with Gasteiger partial charge in [0, 0.05) is 11.8 Å². The van der Waals surface area contributed by atoms with Gasteiger partial charge in [-0.25, -0.2) is 0 Å². The average molecular weight is 180 g/mol. The zero-order chi connectivity index (χ0) is 9.31. The molecule has 0 unspecified atom stereocenters. The quantitative estimate of drug-likeness (QED) is 0.589. The Balaban J connectivity index is 2.15. The Bertz CT molecular complexity index is 252. The van der Waals surface area contributed by atoms with E-state index in [1.165, 1.54) is 19.3 Å². The van der Waals surface area contributed by atoms with Gasteiger partial charge in [0.2, 0.25) is 5.91 Å². The Hall–Kier alpha value is -0.990. The molecular weight excluding hydrogens is 164 g/mol. The van der Waals surface area contributed by atoms with Gasteiger partial charge in [-0.15, -0.1) is 0 Å². The first-order chi connectivity index (χ1) is 6.20. The first-order valence-electron chi connectivity index (χ1n) is 4.99. The summed E-state index contributed by atoms with van der Waals surface area (Å²) in [5.74, 6) is 0.0538. The van der Waals surface area contributed by atoms with Crippen molar-refractivity contribution in [3.8, 4) is 0 Å². The normalized spacial score (nSPS) is 26.2. The first-order valence-corrected chi connectivity index (χ1v) is 4.99. The van der Waals surface area contributed by atoms with Crippen LogP contribution in [0.25, 0.3) is 0 Å². The molecule has 0 saturated heterocycles. The second-order valence-electron chi connectivity index (χ2n) is 4.08. The van der Waals surface area contributed by atoms with E-state index >= 15 is 0 Å². The van der Waals surface area contributed by atoms with Crippen LogP contribution in [0.4, 0.5) is 0 Å². The maximum atomic E-state index is 11.3. The standard InChI is InChI=1S/C10H16N2O/c1-8-7-9(13)12-10(11-8)5-3-2-4-6-10/h7,11H,2-6H2,1H3,(H,12,13). The lowest BCUT2D eigenvalue weighted by atomic mass is 9.87. The van der Waals surface area contributed by atoms with Crippen molar-refractivity contribution >= 4 is 5.91 Å². The summed E-state index contributed by atoms with van der Waals surface area (Å²) in [6.45, 7) is 1.95. The highest BCUT2D eigenvalue weighted by Gasteiger charge is 2.35. The van der Waals surface area contributed by atoms with Crippen LogP contribution in [-0.2, 0) is 4.79 Å². The minimum atomic E-state index is -0.117. The van der Waals surface area contributed by atoms with E-state index in [0.717, 1.165) is 18.5 Å². The van der Waals surface area contributed by atoms with Crippen LogP contribution in [-0.4, -0.2) is 11.6 Å². The van der Waals surface area contributed by atoms with Crippen LogP contribution in [0, 0.1) is 0 Å². The monoisotopic (exact) mass is 180 g/mol. The summed E-state index contributed by atoms with van der Waals surface area (Å²) in [7, 11) is 0. The minimum absolute atomic E-state index is 0.0538. The molecule has 0 aromatic carbocycles. The highest BCUT2D eigenvalue weighted by atomic mass is 16.1. The second-order valence-corrected chi connectivity index (χ2v) is 4.08. The number of carbonyl (C=O) groups excluding carboxylic acids is 1. The molecule has 1 spiro atoms. The maximum absolute atomic E-state index is 11.3. The van der Waals surface area contributed by atoms with E-state index in [-0.39, 0.29) is 11.6 Å². The van der Waals surface area contributed by atoms with E-state index < -0.39 is 0 Å². The fourth-order valence-electron chi connectivity index (χ4n) is 2.32. The molecule has 13 heavy (non-hydrogen) atoms. The van der Waals surface area contributed by atoms with Gasteiger partial charge in [-0.3, -0.25) is 4.79 Å². The Labute approximate surface area is 78.6 Å². The van der Waals surface area contributed by atoms with E-state index in [2.05, 4.69) is 10.6 Å². The minimum Gasteiger partial charge on any atom is -0.366 e. The molecule has 0 aromatic heterocycles. The van der Waals surface area contributed by atoms with Crippen molar-refractivity contribution in [1.82, 2.24) is 10.6 Å². The molecule has 2 N–H and O–H groups in total. The highest BCUT2D eigenvalue weighted by molar-refractivity contribution is 5.89. The van der Waals surface area contributed by atoms with Gasteiger partial charge in [-0.1, -0.05) is 6.42 Å². The van der Waals surface area contributed by atoms with Crippen molar-refractivity contribution in [3.05, 3.63) is 11.8 Å². The number of amides is 1. The molecule has 0 radical (unpaired) electrons. The predicted octanol–water partition coefficient (Wildman–Crippen LogP) is 1.27. The molecular formula is C10H16N2O. The Morgan fingerprint density at radius 2 is 1.92 bits per heavy atom. The second kappa shape index (κ2) is 3.05. The predicted molar refractivity (Wildman–Crippen MR) is 50.9 cm³/mol. The first kappa shape index (κ1) is 8.60. The summed E-state index contributed by atoms with van der Waals surface area (Å²) in [5.41, 5.74) is 0.874. The highest BCUT2D eigenvalue weighted by Crippen LogP contribution is 2.28. The molecule has 3 nitrogen and oxygen atoms in total. The SMILES string of the molecule is CC1=CC(=O)NC2(CCCCC2)N1. The van der Waals surface area contributed by atoms with Gasteiger partial charge in [0.1, 0.15) is 5.66 Å². The molecule has 0 atom stereocenters. The summed E-state index contributed by atoms with van der Waals surface area (Å²) in [4.78, 5) is 11.3. The van der Waals surface area contributed by atoms with Gasteiger partial charge >= 0.3 is 0 Å². The van der Waals surface area contributed by atoms with Crippen LogP contribution in [0.2, 0.25) is 0 Å². The Kier molecular flexibility index (Phi) is 2.02. The van der Waals surface area contributed by atoms with Crippen molar-refractivity contribution in [2.45, 2.75) is 44.7 Å². The van der Waals surface area contributed by atoms with E-state index in [1.807, 2.05) is 6.92 Å². The molecule has 1 aliphatic carbocycles. The number of hydrogen-bond donors (Lipinski definition) is 2.